The Morgan fingerprint density at radius 3 is 2.29 bits per heavy atom. The van der Waals surface area contributed by atoms with Crippen molar-refractivity contribution >= 4 is 28.3 Å². The smallest absolute Gasteiger partial charge is 0.411 e. The molecule has 1 aromatic carbocycles. The highest BCUT2D eigenvalue weighted by atomic mass is 32.2. The Balaban J connectivity index is 2.11. The number of carbonyl (C=O) groups excluding carboxylic acids is 2. The van der Waals surface area contributed by atoms with E-state index in [1.807, 2.05) is 0 Å². The van der Waals surface area contributed by atoms with E-state index in [0.29, 0.717) is 11.4 Å². The Morgan fingerprint density at radius 1 is 1.07 bits per heavy atom. The fourth-order valence-electron chi connectivity index (χ4n) is 2.15. The van der Waals surface area contributed by atoms with Crippen LogP contribution in [0.5, 0.6) is 5.75 Å². The van der Waals surface area contributed by atoms with Gasteiger partial charge in [0, 0.05) is 11.4 Å². The first kappa shape index (κ1) is 21.1. The summed E-state index contributed by atoms with van der Waals surface area (Å²) in [6, 6.07) is 6.18. The lowest BCUT2D eigenvalue weighted by Gasteiger charge is -2.13. The number of amides is 2. The van der Waals surface area contributed by atoms with Gasteiger partial charge in [0.05, 0.1) is 6.10 Å². The van der Waals surface area contributed by atoms with E-state index in [-0.39, 0.29) is 17.3 Å². The van der Waals surface area contributed by atoms with Gasteiger partial charge in [0.2, 0.25) is 5.95 Å². The van der Waals surface area contributed by atoms with Crippen LogP contribution in [0.25, 0.3) is 0 Å². The number of hydrogen-bond donors (Lipinski definition) is 2. The minimum atomic E-state index is -4.58. The number of benzene rings is 1. The molecule has 0 saturated heterocycles. The van der Waals surface area contributed by atoms with Crippen LogP contribution in [0, 0.1) is 13.8 Å². The molecule has 2 amide bonds. The number of ether oxygens (including phenoxy) is 1. The second kappa shape index (κ2) is 8.65. The molecule has 0 saturated carbocycles. The minimum Gasteiger partial charge on any atom is -0.459 e. The molecular weight excluding hydrogens is 388 g/mol. The number of anilines is 1. The third-order valence-electron chi connectivity index (χ3n) is 3.07. The molecule has 2 N–H and O–H groups in total. The van der Waals surface area contributed by atoms with Gasteiger partial charge in [0.25, 0.3) is 0 Å². The van der Waals surface area contributed by atoms with Crippen molar-refractivity contribution in [3.63, 3.8) is 0 Å². The van der Waals surface area contributed by atoms with E-state index < -0.39 is 28.4 Å². The fraction of sp³-hybridized carbons (Fsp3) is 0.294. The fourth-order valence-corrected chi connectivity index (χ4v) is 2.85. The summed E-state index contributed by atoms with van der Waals surface area (Å²) >= 11 is 0. The SMILES string of the molecule is Cc1cc(C)nc(NC(=O)NS(=O)(=O)Oc2ccccc2C(=O)OC(C)C)n1. The van der Waals surface area contributed by atoms with Gasteiger partial charge in [-0.2, -0.15) is 8.42 Å². The van der Waals surface area contributed by atoms with Gasteiger partial charge in [-0.1, -0.05) is 12.1 Å². The third kappa shape index (κ3) is 6.20. The van der Waals surface area contributed by atoms with Crippen molar-refractivity contribution in [1.29, 1.82) is 0 Å². The summed E-state index contributed by atoms with van der Waals surface area (Å²) in [4.78, 5) is 32.0. The normalized spacial score (nSPS) is 11.0. The van der Waals surface area contributed by atoms with Crippen molar-refractivity contribution < 1.29 is 26.9 Å². The van der Waals surface area contributed by atoms with Crippen molar-refractivity contribution in [3.05, 3.63) is 47.3 Å². The zero-order chi connectivity index (χ0) is 20.9. The van der Waals surface area contributed by atoms with Gasteiger partial charge in [-0.3, -0.25) is 5.32 Å². The summed E-state index contributed by atoms with van der Waals surface area (Å²) in [7, 11) is -4.58. The largest absolute Gasteiger partial charge is 0.459 e. The summed E-state index contributed by atoms with van der Waals surface area (Å²) < 4.78 is 35.8. The van der Waals surface area contributed by atoms with Crippen LogP contribution in [0.1, 0.15) is 35.6 Å². The number of aryl methyl sites for hydroxylation is 2. The van der Waals surface area contributed by atoms with Gasteiger partial charge in [0.15, 0.2) is 5.75 Å². The van der Waals surface area contributed by atoms with Crippen LogP contribution < -0.4 is 14.2 Å². The Hall–Kier alpha value is -3.21. The van der Waals surface area contributed by atoms with Crippen LogP contribution in [-0.4, -0.2) is 36.5 Å². The average Bonchev–Trinajstić information content (AvgIpc) is 2.52. The summed E-state index contributed by atoms with van der Waals surface area (Å²) in [6.45, 7) is 6.70. The molecule has 0 unspecified atom stereocenters. The molecule has 0 aliphatic rings. The number of hydrogen-bond acceptors (Lipinski definition) is 8. The number of urea groups is 1. The average molecular weight is 408 g/mol. The number of aromatic nitrogens is 2. The van der Waals surface area contributed by atoms with Gasteiger partial charge in [0.1, 0.15) is 5.56 Å². The van der Waals surface area contributed by atoms with Gasteiger partial charge < -0.3 is 8.92 Å². The van der Waals surface area contributed by atoms with Crippen LogP contribution in [0.4, 0.5) is 10.7 Å². The maximum absolute atomic E-state index is 12.1. The van der Waals surface area contributed by atoms with E-state index >= 15 is 0 Å². The minimum absolute atomic E-state index is 0.0638. The van der Waals surface area contributed by atoms with Crippen LogP contribution in [0.15, 0.2) is 30.3 Å². The van der Waals surface area contributed by atoms with E-state index in [1.54, 1.807) is 38.5 Å². The maximum Gasteiger partial charge on any atom is 0.411 e. The van der Waals surface area contributed by atoms with Crippen molar-refractivity contribution in [2.24, 2.45) is 0 Å². The molecule has 0 aliphatic carbocycles. The molecule has 11 heteroatoms. The van der Waals surface area contributed by atoms with E-state index in [2.05, 4.69) is 15.3 Å². The van der Waals surface area contributed by atoms with Crippen LogP contribution in [-0.2, 0) is 15.0 Å². The maximum atomic E-state index is 12.1. The lowest BCUT2D eigenvalue weighted by Crippen LogP contribution is -2.37. The van der Waals surface area contributed by atoms with E-state index in [4.69, 9.17) is 8.92 Å². The molecule has 0 aliphatic heterocycles. The van der Waals surface area contributed by atoms with Crippen molar-refractivity contribution in [3.8, 4) is 5.75 Å². The second-order valence-corrected chi connectivity index (χ2v) is 7.30. The number of para-hydroxylation sites is 1. The summed E-state index contributed by atoms with van der Waals surface area (Å²) in [5.41, 5.74) is 1.10. The van der Waals surface area contributed by atoms with Gasteiger partial charge in [-0.25, -0.2) is 24.3 Å². The highest BCUT2D eigenvalue weighted by Crippen LogP contribution is 2.21. The predicted molar refractivity (Wildman–Crippen MR) is 100 cm³/mol. The molecule has 0 atom stereocenters. The summed E-state index contributed by atoms with van der Waals surface area (Å²) in [6.07, 6.45) is -0.404. The number of nitrogens with one attached hydrogen (secondary N) is 2. The standard InChI is InChI=1S/C17H20N4O6S/c1-10(2)26-15(22)13-7-5-6-8-14(13)27-28(24,25)21-17(23)20-16-18-11(3)9-12(4)19-16/h5-10H,1-4H3,(H2,18,19,20,21,23). The quantitative estimate of drug-likeness (QED) is 0.694. The molecule has 0 spiro atoms. The number of carbonyl (C=O) groups is 2. The molecule has 0 bridgehead atoms. The number of nitrogens with zero attached hydrogens (tertiary/aromatic N) is 2. The topological polar surface area (TPSA) is 137 Å². The Morgan fingerprint density at radius 2 is 1.68 bits per heavy atom. The Bertz CT molecular complexity index is 971. The molecule has 0 fully saturated rings. The van der Waals surface area contributed by atoms with Crippen molar-refractivity contribution in [2.75, 3.05) is 5.32 Å². The van der Waals surface area contributed by atoms with Gasteiger partial charge in [-0.05, 0) is 45.9 Å². The van der Waals surface area contributed by atoms with Crippen LogP contribution in [0.3, 0.4) is 0 Å². The van der Waals surface area contributed by atoms with Crippen molar-refractivity contribution in [2.45, 2.75) is 33.8 Å². The molecule has 0 radical (unpaired) electrons. The Kier molecular flexibility index (Phi) is 6.52. The van der Waals surface area contributed by atoms with Crippen molar-refractivity contribution in [1.82, 2.24) is 14.7 Å². The molecule has 28 heavy (non-hydrogen) atoms. The zero-order valence-corrected chi connectivity index (χ0v) is 16.5. The summed E-state index contributed by atoms with van der Waals surface area (Å²) in [5.74, 6) is -1.10. The highest BCUT2D eigenvalue weighted by molar-refractivity contribution is 7.85. The lowest BCUT2D eigenvalue weighted by atomic mass is 10.2. The first-order valence-corrected chi connectivity index (χ1v) is 9.62. The molecule has 2 aromatic rings. The molecule has 2 rings (SSSR count). The lowest BCUT2D eigenvalue weighted by molar-refractivity contribution is 0.0376. The third-order valence-corrected chi connectivity index (χ3v) is 3.91. The molecule has 10 nitrogen and oxygen atoms in total. The van der Waals surface area contributed by atoms with E-state index in [9.17, 15) is 18.0 Å². The number of esters is 1. The highest BCUT2D eigenvalue weighted by Gasteiger charge is 2.22. The van der Waals surface area contributed by atoms with E-state index in [0.717, 1.165) is 0 Å². The van der Waals surface area contributed by atoms with Crippen LogP contribution >= 0.6 is 0 Å². The van der Waals surface area contributed by atoms with Gasteiger partial charge in [-0.15, -0.1) is 0 Å². The second-order valence-electron chi connectivity index (χ2n) is 6.02. The monoisotopic (exact) mass is 408 g/mol. The summed E-state index contributed by atoms with van der Waals surface area (Å²) in [5, 5.41) is 2.21. The molecule has 150 valence electrons. The molecular formula is C17H20N4O6S. The molecule has 1 heterocycles. The van der Waals surface area contributed by atoms with E-state index in [1.165, 1.54) is 24.3 Å². The Labute approximate surface area is 162 Å². The van der Waals surface area contributed by atoms with Gasteiger partial charge >= 0.3 is 22.3 Å². The van der Waals surface area contributed by atoms with Crippen LogP contribution in [0.2, 0.25) is 0 Å². The number of rotatable bonds is 6. The first-order valence-electron chi connectivity index (χ1n) is 8.21. The first-order chi connectivity index (χ1) is 13.1. The molecule has 1 aromatic heterocycles. The predicted octanol–water partition coefficient (Wildman–Crippen LogP) is 2.10. The zero-order valence-electron chi connectivity index (χ0n) is 15.7.